The molecule has 1 aromatic heterocycles. The molecule has 2 heterocycles. The van der Waals surface area contributed by atoms with Gasteiger partial charge in [-0.25, -0.2) is 8.78 Å². The first-order valence-electron chi connectivity index (χ1n) is 9.48. The van der Waals surface area contributed by atoms with Gasteiger partial charge in [0.05, 0.1) is 16.1 Å². The van der Waals surface area contributed by atoms with E-state index in [1.807, 2.05) is 23.7 Å². The van der Waals surface area contributed by atoms with Crippen LogP contribution in [-0.4, -0.2) is 36.0 Å². The summed E-state index contributed by atoms with van der Waals surface area (Å²) in [6.07, 6.45) is 3.86. The van der Waals surface area contributed by atoms with Gasteiger partial charge in [-0.3, -0.25) is 4.79 Å². The Kier molecular flexibility index (Phi) is 6.37. The summed E-state index contributed by atoms with van der Waals surface area (Å²) in [4.78, 5) is 12.5. The van der Waals surface area contributed by atoms with Crippen molar-refractivity contribution in [3.05, 3.63) is 35.0 Å². The number of hydrogen-bond donors (Lipinski definition) is 2. The van der Waals surface area contributed by atoms with Crippen LogP contribution in [0.1, 0.15) is 42.5 Å². The van der Waals surface area contributed by atoms with Crippen LogP contribution in [0.2, 0.25) is 5.02 Å². The first kappa shape index (κ1) is 20.1. The lowest BCUT2D eigenvalue weighted by molar-refractivity contribution is -0.0452. The molecule has 1 saturated heterocycles. The van der Waals surface area contributed by atoms with Crippen molar-refractivity contribution in [1.82, 2.24) is 15.2 Å². The average Bonchev–Trinajstić information content (AvgIpc) is 2.91. The number of rotatable bonds is 3. The van der Waals surface area contributed by atoms with Gasteiger partial charge in [-0.15, -0.1) is 0 Å². The van der Waals surface area contributed by atoms with Gasteiger partial charge in [-0.1, -0.05) is 17.7 Å². The number of aromatic nitrogens is 1. The lowest BCUT2D eigenvalue weighted by Gasteiger charge is -2.28. The Balaban J connectivity index is 0.000000466. The normalized spacial score (nSPS) is 19.1. The third-order valence-electron chi connectivity index (χ3n) is 5.30. The Bertz CT molecular complexity index is 788. The Labute approximate surface area is 163 Å². The molecule has 2 fully saturated rings. The minimum absolute atomic E-state index is 0.0896. The van der Waals surface area contributed by atoms with Crippen LogP contribution in [0, 0.1) is 5.92 Å². The predicted octanol–water partition coefficient (Wildman–Crippen LogP) is 4.37. The van der Waals surface area contributed by atoms with Gasteiger partial charge in [-0.2, -0.15) is 0 Å². The quantitative estimate of drug-likeness (QED) is 0.808. The van der Waals surface area contributed by atoms with Crippen LogP contribution >= 0.6 is 11.6 Å². The number of halogens is 3. The van der Waals surface area contributed by atoms with Crippen molar-refractivity contribution in [1.29, 1.82) is 0 Å². The highest BCUT2D eigenvalue weighted by Crippen LogP contribution is 2.36. The van der Waals surface area contributed by atoms with Crippen molar-refractivity contribution in [2.24, 2.45) is 13.0 Å². The van der Waals surface area contributed by atoms with Crippen LogP contribution in [0.3, 0.4) is 0 Å². The molecule has 1 aliphatic heterocycles. The zero-order chi connectivity index (χ0) is 19.4. The summed E-state index contributed by atoms with van der Waals surface area (Å²) in [5, 5.41) is 7.24. The second-order valence-corrected chi connectivity index (χ2v) is 7.81. The van der Waals surface area contributed by atoms with E-state index < -0.39 is 5.92 Å². The lowest BCUT2D eigenvalue weighted by Crippen LogP contribution is -2.33. The summed E-state index contributed by atoms with van der Waals surface area (Å²) in [6, 6.07) is 5.50. The van der Waals surface area contributed by atoms with E-state index in [1.54, 1.807) is 12.3 Å². The number of fused-ring (bicyclic) bond motifs is 1. The van der Waals surface area contributed by atoms with Gasteiger partial charge in [0.15, 0.2) is 0 Å². The fourth-order valence-electron chi connectivity index (χ4n) is 3.39. The van der Waals surface area contributed by atoms with E-state index in [4.69, 9.17) is 11.6 Å². The standard InChI is InChI=1S/C17H19ClF2N2O.C3H7N/c1-22-10-12(15-13(18)3-2-4-14(15)22)16(23)21-9-11-5-7-17(19,20)8-6-11;1-2-4-3-1/h2-4,10-11H,5-9H2,1H3,(H,21,23);4H,1-3H2. The van der Waals surface area contributed by atoms with Gasteiger partial charge in [0.2, 0.25) is 5.92 Å². The van der Waals surface area contributed by atoms with Crippen molar-refractivity contribution in [2.75, 3.05) is 19.6 Å². The highest BCUT2D eigenvalue weighted by atomic mass is 35.5. The summed E-state index contributed by atoms with van der Waals surface area (Å²) in [5.41, 5.74) is 1.41. The third kappa shape index (κ3) is 4.99. The molecule has 1 amide bonds. The molecular formula is C20H26ClF2N3O. The second kappa shape index (κ2) is 8.57. The summed E-state index contributed by atoms with van der Waals surface area (Å²) in [5.74, 6) is -2.63. The minimum Gasteiger partial charge on any atom is -0.352 e. The number of alkyl halides is 2. The van der Waals surface area contributed by atoms with E-state index in [1.165, 1.54) is 19.5 Å². The molecule has 0 unspecified atom stereocenters. The fraction of sp³-hybridized carbons (Fsp3) is 0.550. The highest BCUT2D eigenvalue weighted by Gasteiger charge is 2.34. The molecule has 2 aromatic rings. The smallest absolute Gasteiger partial charge is 0.253 e. The van der Waals surface area contributed by atoms with Crippen molar-refractivity contribution >= 4 is 28.4 Å². The molecule has 4 rings (SSSR count). The van der Waals surface area contributed by atoms with Crippen molar-refractivity contribution in [3.63, 3.8) is 0 Å². The molecule has 2 N–H and O–H groups in total. The summed E-state index contributed by atoms with van der Waals surface area (Å²) in [7, 11) is 1.86. The molecule has 1 aromatic carbocycles. The molecular weight excluding hydrogens is 372 g/mol. The summed E-state index contributed by atoms with van der Waals surface area (Å²) in [6.45, 7) is 2.93. The van der Waals surface area contributed by atoms with Crippen LogP contribution < -0.4 is 10.6 Å². The van der Waals surface area contributed by atoms with Gasteiger partial charge >= 0.3 is 0 Å². The SMILES string of the molecule is C1CNC1.Cn1cc(C(=O)NCC2CCC(F)(F)CC2)c2c(Cl)cccc21. The molecule has 27 heavy (non-hydrogen) atoms. The van der Waals surface area contributed by atoms with E-state index in [2.05, 4.69) is 10.6 Å². The van der Waals surface area contributed by atoms with Crippen LogP contribution in [0.4, 0.5) is 8.78 Å². The monoisotopic (exact) mass is 397 g/mol. The first-order chi connectivity index (χ1) is 12.9. The number of carbonyl (C=O) groups excluding carboxylic acids is 1. The number of nitrogens with one attached hydrogen (secondary N) is 2. The maximum Gasteiger partial charge on any atom is 0.253 e. The summed E-state index contributed by atoms with van der Waals surface area (Å²) >= 11 is 6.22. The minimum atomic E-state index is -2.54. The molecule has 1 saturated carbocycles. The number of aryl methyl sites for hydroxylation is 1. The maximum atomic E-state index is 13.2. The van der Waals surface area contributed by atoms with Gasteiger partial charge in [0, 0.05) is 38.0 Å². The molecule has 0 atom stereocenters. The highest BCUT2D eigenvalue weighted by molar-refractivity contribution is 6.36. The van der Waals surface area contributed by atoms with Gasteiger partial charge in [-0.05, 0) is 50.4 Å². The number of amides is 1. The summed E-state index contributed by atoms with van der Waals surface area (Å²) < 4.78 is 28.2. The molecule has 0 radical (unpaired) electrons. The molecule has 1 aliphatic carbocycles. The van der Waals surface area contributed by atoms with Gasteiger partial charge < -0.3 is 15.2 Å². The molecule has 2 aliphatic rings. The Hall–Kier alpha value is -1.66. The molecule has 7 heteroatoms. The Morgan fingerprint density at radius 1 is 1.33 bits per heavy atom. The number of hydrogen-bond acceptors (Lipinski definition) is 2. The van der Waals surface area contributed by atoms with Crippen molar-refractivity contribution < 1.29 is 13.6 Å². The van der Waals surface area contributed by atoms with Crippen LogP contribution in [0.25, 0.3) is 10.9 Å². The molecule has 148 valence electrons. The zero-order valence-corrected chi connectivity index (χ0v) is 16.3. The van der Waals surface area contributed by atoms with Gasteiger partial charge in [0.1, 0.15) is 0 Å². The van der Waals surface area contributed by atoms with E-state index in [0.717, 1.165) is 10.9 Å². The Morgan fingerprint density at radius 3 is 2.56 bits per heavy atom. The Morgan fingerprint density at radius 2 is 1.96 bits per heavy atom. The number of nitrogens with zero attached hydrogens (tertiary/aromatic N) is 1. The number of benzene rings is 1. The second-order valence-electron chi connectivity index (χ2n) is 7.40. The van der Waals surface area contributed by atoms with E-state index in [9.17, 15) is 13.6 Å². The third-order valence-corrected chi connectivity index (χ3v) is 5.62. The first-order valence-corrected chi connectivity index (χ1v) is 9.85. The van der Waals surface area contributed by atoms with E-state index >= 15 is 0 Å². The van der Waals surface area contributed by atoms with Crippen LogP contribution in [0.15, 0.2) is 24.4 Å². The number of carbonyl (C=O) groups is 1. The van der Waals surface area contributed by atoms with Crippen LogP contribution in [-0.2, 0) is 7.05 Å². The molecule has 4 nitrogen and oxygen atoms in total. The van der Waals surface area contributed by atoms with Crippen molar-refractivity contribution in [3.8, 4) is 0 Å². The maximum absolute atomic E-state index is 13.2. The lowest BCUT2D eigenvalue weighted by atomic mass is 9.87. The van der Waals surface area contributed by atoms with E-state index in [0.29, 0.717) is 30.0 Å². The van der Waals surface area contributed by atoms with E-state index in [-0.39, 0.29) is 24.7 Å². The predicted molar refractivity (Wildman–Crippen MR) is 105 cm³/mol. The largest absolute Gasteiger partial charge is 0.352 e. The molecule has 0 spiro atoms. The molecule has 0 bridgehead atoms. The average molecular weight is 398 g/mol. The van der Waals surface area contributed by atoms with Crippen LogP contribution in [0.5, 0.6) is 0 Å². The topological polar surface area (TPSA) is 46.1 Å². The van der Waals surface area contributed by atoms with Gasteiger partial charge in [0.25, 0.3) is 5.91 Å². The zero-order valence-electron chi connectivity index (χ0n) is 15.5. The van der Waals surface area contributed by atoms with Crippen molar-refractivity contribution in [2.45, 2.75) is 38.0 Å². The fourth-order valence-corrected chi connectivity index (χ4v) is 3.66.